The van der Waals surface area contributed by atoms with E-state index in [1.807, 2.05) is 26.0 Å². The normalized spacial score (nSPS) is 11.7. The molecule has 5 N–H and O–H groups in total. The SMILES string of the molecule is CNCCCC(NC(=O)CN)C(=O)Nc1ccc(COC(=O)N(C)CCN(C)C)cc1. The van der Waals surface area contributed by atoms with E-state index in [2.05, 4.69) is 16.0 Å². The van der Waals surface area contributed by atoms with Crippen molar-refractivity contribution in [2.24, 2.45) is 5.73 Å². The van der Waals surface area contributed by atoms with Gasteiger partial charge in [-0.2, -0.15) is 0 Å². The van der Waals surface area contributed by atoms with Gasteiger partial charge in [0, 0.05) is 25.8 Å². The molecule has 0 aliphatic carbocycles. The van der Waals surface area contributed by atoms with Crippen LogP contribution in [-0.2, 0) is 20.9 Å². The van der Waals surface area contributed by atoms with E-state index in [0.717, 1.165) is 25.1 Å². The Balaban J connectivity index is 2.57. The molecule has 31 heavy (non-hydrogen) atoms. The predicted molar refractivity (Wildman–Crippen MR) is 121 cm³/mol. The van der Waals surface area contributed by atoms with Crippen molar-refractivity contribution < 1.29 is 19.1 Å². The number of hydrogen-bond donors (Lipinski definition) is 4. The highest BCUT2D eigenvalue weighted by Crippen LogP contribution is 2.12. The molecule has 174 valence electrons. The Hall–Kier alpha value is -2.69. The lowest BCUT2D eigenvalue weighted by Gasteiger charge is -2.19. The minimum atomic E-state index is -0.664. The Morgan fingerprint density at radius 3 is 2.35 bits per heavy atom. The number of amides is 3. The largest absolute Gasteiger partial charge is 0.445 e. The molecule has 0 fully saturated rings. The quantitative estimate of drug-likeness (QED) is 0.325. The third-order valence-electron chi connectivity index (χ3n) is 4.53. The van der Waals surface area contributed by atoms with Gasteiger partial charge in [0.25, 0.3) is 0 Å². The summed E-state index contributed by atoms with van der Waals surface area (Å²) in [5, 5.41) is 8.46. The molecular weight excluding hydrogens is 400 g/mol. The highest BCUT2D eigenvalue weighted by Gasteiger charge is 2.20. The Morgan fingerprint density at radius 1 is 1.10 bits per heavy atom. The number of carbonyl (C=O) groups excluding carboxylic acids is 3. The molecule has 0 aliphatic heterocycles. The van der Waals surface area contributed by atoms with Crippen LogP contribution < -0.4 is 21.7 Å². The van der Waals surface area contributed by atoms with Crippen LogP contribution in [0.15, 0.2) is 24.3 Å². The number of nitrogens with zero attached hydrogens (tertiary/aromatic N) is 2. The number of benzene rings is 1. The smallest absolute Gasteiger partial charge is 0.409 e. The molecule has 0 aliphatic rings. The second-order valence-corrected chi connectivity index (χ2v) is 7.54. The summed E-state index contributed by atoms with van der Waals surface area (Å²) >= 11 is 0. The molecule has 10 nitrogen and oxygen atoms in total. The number of carbonyl (C=O) groups is 3. The van der Waals surface area contributed by atoms with E-state index in [-0.39, 0.29) is 31.1 Å². The number of nitrogens with two attached hydrogens (primary N) is 1. The fraction of sp³-hybridized carbons (Fsp3) is 0.571. The molecular formula is C21H36N6O4. The van der Waals surface area contributed by atoms with Gasteiger partial charge < -0.3 is 36.2 Å². The molecule has 0 saturated carbocycles. The van der Waals surface area contributed by atoms with Crippen molar-refractivity contribution in [3.63, 3.8) is 0 Å². The van der Waals surface area contributed by atoms with Gasteiger partial charge in [0.05, 0.1) is 6.54 Å². The van der Waals surface area contributed by atoms with Crippen LogP contribution in [0.1, 0.15) is 18.4 Å². The van der Waals surface area contributed by atoms with Gasteiger partial charge in [-0.05, 0) is 58.2 Å². The van der Waals surface area contributed by atoms with Crippen LogP contribution in [0.4, 0.5) is 10.5 Å². The maximum Gasteiger partial charge on any atom is 0.409 e. The highest BCUT2D eigenvalue weighted by atomic mass is 16.6. The number of likely N-dealkylation sites (N-methyl/N-ethyl adjacent to an activating group) is 2. The summed E-state index contributed by atoms with van der Waals surface area (Å²) in [5.41, 5.74) is 6.73. The van der Waals surface area contributed by atoms with Crippen molar-refractivity contribution in [2.45, 2.75) is 25.5 Å². The fourth-order valence-corrected chi connectivity index (χ4v) is 2.62. The summed E-state index contributed by atoms with van der Waals surface area (Å²) in [6, 6.07) is 6.34. The van der Waals surface area contributed by atoms with E-state index >= 15 is 0 Å². The summed E-state index contributed by atoms with van der Waals surface area (Å²) in [6.45, 7) is 2.03. The molecule has 0 spiro atoms. The van der Waals surface area contributed by atoms with E-state index in [4.69, 9.17) is 10.5 Å². The van der Waals surface area contributed by atoms with Crippen molar-refractivity contribution in [1.29, 1.82) is 0 Å². The first-order valence-corrected chi connectivity index (χ1v) is 10.3. The molecule has 0 heterocycles. The number of rotatable bonds is 13. The monoisotopic (exact) mass is 436 g/mol. The molecule has 1 atom stereocenters. The first-order valence-electron chi connectivity index (χ1n) is 10.3. The van der Waals surface area contributed by atoms with E-state index in [1.54, 1.807) is 31.3 Å². The zero-order chi connectivity index (χ0) is 23.2. The molecule has 3 amide bonds. The zero-order valence-electron chi connectivity index (χ0n) is 18.9. The number of hydrogen-bond acceptors (Lipinski definition) is 7. The average Bonchev–Trinajstić information content (AvgIpc) is 2.75. The standard InChI is InChI=1S/C21H36N6O4/c1-23-11-5-6-18(25-19(28)14-22)20(29)24-17-9-7-16(8-10-17)15-31-21(30)27(4)13-12-26(2)3/h7-10,18,23H,5-6,11-15,22H2,1-4H3,(H,24,29)(H,25,28). The minimum Gasteiger partial charge on any atom is -0.445 e. The van der Waals surface area contributed by atoms with Gasteiger partial charge in [-0.3, -0.25) is 9.59 Å². The van der Waals surface area contributed by atoms with Crippen LogP contribution in [0, 0.1) is 0 Å². The summed E-state index contributed by atoms with van der Waals surface area (Å²) < 4.78 is 5.31. The van der Waals surface area contributed by atoms with Gasteiger partial charge in [0.15, 0.2) is 0 Å². The van der Waals surface area contributed by atoms with Gasteiger partial charge in [-0.15, -0.1) is 0 Å². The van der Waals surface area contributed by atoms with E-state index in [9.17, 15) is 14.4 Å². The van der Waals surface area contributed by atoms with Crippen LogP contribution in [0.25, 0.3) is 0 Å². The summed E-state index contributed by atoms with van der Waals surface area (Å²) in [5.74, 6) is -0.683. The summed E-state index contributed by atoms with van der Waals surface area (Å²) in [4.78, 5) is 39.7. The molecule has 1 aromatic carbocycles. The molecule has 1 aromatic rings. The third-order valence-corrected chi connectivity index (χ3v) is 4.53. The second kappa shape index (κ2) is 14.3. The Morgan fingerprint density at radius 2 is 1.77 bits per heavy atom. The van der Waals surface area contributed by atoms with Crippen molar-refractivity contribution in [2.75, 3.05) is 59.7 Å². The Kier molecular flexibility index (Phi) is 12.2. The van der Waals surface area contributed by atoms with Gasteiger partial charge >= 0.3 is 6.09 Å². The van der Waals surface area contributed by atoms with Crippen molar-refractivity contribution in [3.05, 3.63) is 29.8 Å². The first kappa shape index (κ1) is 26.3. The first-order chi connectivity index (χ1) is 14.8. The molecule has 0 saturated heterocycles. The molecule has 0 bridgehead atoms. The topological polar surface area (TPSA) is 129 Å². The summed E-state index contributed by atoms with van der Waals surface area (Å²) in [6.07, 6.45) is 0.833. The van der Waals surface area contributed by atoms with E-state index in [1.165, 1.54) is 4.90 Å². The zero-order valence-corrected chi connectivity index (χ0v) is 18.9. The van der Waals surface area contributed by atoms with E-state index in [0.29, 0.717) is 18.7 Å². The highest BCUT2D eigenvalue weighted by molar-refractivity contribution is 5.97. The molecule has 1 rings (SSSR count). The molecule has 0 radical (unpaired) electrons. The lowest BCUT2D eigenvalue weighted by Crippen LogP contribution is -2.46. The molecule has 1 unspecified atom stereocenters. The lowest BCUT2D eigenvalue weighted by molar-refractivity contribution is -0.125. The average molecular weight is 437 g/mol. The fourth-order valence-electron chi connectivity index (χ4n) is 2.62. The number of nitrogens with one attached hydrogen (secondary N) is 3. The number of anilines is 1. The van der Waals surface area contributed by atoms with Gasteiger partial charge in [-0.1, -0.05) is 12.1 Å². The van der Waals surface area contributed by atoms with Gasteiger partial charge in [-0.25, -0.2) is 4.79 Å². The maximum absolute atomic E-state index is 12.6. The third kappa shape index (κ3) is 10.8. The van der Waals surface area contributed by atoms with Gasteiger partial charge in [0.2, 0.25) is 11.8 Å². The molecule has 10 heteroatoms. The second-order valence-electron chi connectivity index (χ2n) is 7.54. The predicted octanol–water partition coefficient (Wildman–Crippen LogP) is 0.198. The van der Waals surface area contributed by atoms with Crippen LogP contribution in [0.2, 0.25) is 0 Å². The van der Waals surface area contributed by atoms with Crippen LogP contribution >= 0.6 is 0 Å². The molecule has 0 aromatic heterocycles. The Labute approximate surface area is 184 Å². The van der Waals surface area contributed by atoms with Crippen LogP contribution in [-0.4, -0.2) is 88.1 Å². The minimum absolute atomic E-state index is 0.137. The maximum atomic E-state index is 12.6. The van der Waals surface area contributed by atoms with Crippen LogP contribution in [0.3, 0.4) is 0 Å². The Bertz CT molecular complexity index is 696. The van der Waals surface area contributed by atoms with Crippen molar-refractivity contribution in [1.82, 2.24) is 20.4 Å². The van der Waals surface area contributed by atoms with Gasteiger partial charge in [0.1, 0.15) is 12.6 Å². The van der Waals surface area contributed by atoms with Crippen LogP contribution in [0.5, 0.6) is 0 Å². The van der Waals surface area contributed by atoms with Crippen molar-refractivity contribution in [3.8, 4) is 0 Å². The number of ether oxygens (including phenoxy) is 1. The van der Waals surface area contributed by atoms with E-state index < -0.39 is 6.04 Å². The summed E-state index contributed by atoms with van der Waals surface area (Å²) in [7, 11) is 7.40. The lowest BCUT2D eigenvalue weighted by atomic mass is 10.1. The van der Waals surface area contributed by atoms with Crippen molar-refractivity contribution >= 4 is 23.6 Å².